The van der Waals surface area contributed by atoms with Crippen molar-refractivity contribution in [1.82, 2.24) is 9.80 Å². The largest absolute Gasteiger partial charge is 0.444 e. The van der Waals surface area contributed by atoms with Crippen molar-refractivity contribution >= 4 is 34.4 Å². The smallest absolute Gasteiger partial charge is 0.410 e. The van der Waals surface area contributed by atoms with E-state index < -0.39 is 11.2 Å². The fraction of sp³-hybridized carbons (Fsp3) is 0.516. The van der Waals surface area contributed by atoms with Gasteiger partial charge in [0.2, 0.25) is 0 Å². The van der Waals surface area contributed by atoms with E-state index in [1.165, 1.54) is 0 Å². The fourth-order valence-electron chi connectivity index (χ4n) is 4.31. The van der Waals surface area contributed by atoms with Crippen LogP contribution < -0.4 is 0 Å². The summed E-state index contributed by atoms with van der Waals surface area (Å²) in [5.41, 5.74) is 1.46. The minimum Gasteiger partial charge on any atom is -0.444 e. The third-order valence-electron chi connectivity index (χ3n) is 6.16. The minimum absolute atomic E-state index is 0.119. The van der Waals surface area contributed by atoms with Crippen molar-refractivity contribution in [1.29, 1.82) is 0 Å². The first-order valence-electron chi connectivity index (χ1n) is 13.7. The summed E-state index contributed by atoms with van der Waals surface area (Å²) in [6, 6.07) is 15.2. The van der Waals surface area contributed by atoms with Gasteiger partial charge in [0.25, 0.3) is 0 Å². The van der Waals surface area contributed by atoms with Crippen LogP contribution in [0, 0.1) is 0 Å². The second-order valence-electron chi connectivity index (χ2n) is 11.8. The highest BCUT2D eigenvalue weighted by Gasteiger charge is 2.31. The average molecular weight is 634 g/mol. The molecule has 2 atom stereocenters. The van der Waals surface area contributed by atoms with E-state index in [0.717, 1.165) is 21.9 Å². The van der Waals surface area contributed by atoms with Gasteiger partial charge in [-0.25, -0.2) is 9.59 Å². The quantitative estimate of drug-likeness (QED) is 0.353. The molecule has 2 saturated heterocycles. The zero-order valence-corrected chi connectivity index (χ0v) is 26.3. The van der Waals surface area contributed by atoms with Crippen LogP contribution >= 0.6 is 15.9 Å². The summed E-state index contributed by atoms with van der Waals surface area (Å²) in [5, 5.41) is 0. The molecule has 0 aromatic heterocycles. The molecule has 2 amide bonds. The molecule has 2 fully saturated rings. The number of amides is 2. The molecule has 4 rings (SSSR count). The molecule has 9 nitrogen and oxygen atoms in total. The van der Waals surface area contributed by atoms with E-state index in [1.807, 2.05) is 84.0 Å². The maximum absolute atomic E-state index is 12.1. The van der Waals surface area contributed by atoms with Gasteiger partial charge in [0.1, 0.15) is 29.7 Å². The van der Waals surface area contributed by atoms with Crippen molar-refractivity contribution in [3.05, 3.63) is 69.7 Å². The Morgan fingerprint density at radius 1 is 0.780 bits per heavy atom. The van der Waals surface area contributed by atoms with Crippen LogP contribution in [0.3, 0.4) is 0 Å². The molecular weight excluding hydrogens is 592 g/mol. The predicted octanol–water partition coefficient (Wildman–Crippen LogP) is 6.57. The molecule has 224 valence electrons. The molecule has 0 bridgehead atoms. The Labute approximate surface area is 251 Å². The Morgan fingerprint density at radius 2 is 1.22 bits per heavy atom. The fourth-order valence-corrected chi connectivity index (χ4v) is 4.85. The molecule has 2 aliphatic heterocycles. The Balaban J connectivity index is 0.000000226. The van der Waals surface area contributed by atoms with Gasteiger partial charge in [0.15, 0.2) is 0 Å². The molecule has 41 heavy (non-hydrogen) atoms. The summed E-state index contributed by atoms with van der Waals surface area (Å²) >= 11 is 3.52. The summed E-state index contributed by atoms with van der Waals surface area (Å²) in [4.78, 5) is 38.7. The number of carbonyl (C=O) groups excluding carboxylic acids is 3. The van der Waals surface area contributed by atoms with Gasteiger partial charge in [0.05, 0.1) is 26.3 Å². The number of hydrogen-bond donors (Lipinski definition) is 0. The average Bonchev–Trinajstić information content (AvgIpc) is 2.92. The summed E-state index contributed by atoms with van der Waals surface area (Å²) < 4.78 is 23.3. The van der Waals surface area contributed by atoms with Crippen LogP contribution in [0.4, 0.5) is 9.59 Å². The molecule has 0 N–H and O–H groups in total. The molecule has 0 aliphatic carbocycles. The molecule has 2 aliphatic rings. The van der Waals surface area contributed by atoms with E-state index in [-0.39, 0.29) is 24.4 Å². The normalized spacial score (nSPS) is 19.5. The Hall–Kier alpha value is -2.95. The lowest BCUT2D eigenvalue weighted by Gasteiger charge is -2.34. The first kappa shape index (κ1) is 32.6. The summed E-state index contributed by atoms with van der Waals surface area (Å²) in [6.45, 7) is 14.0. The van der Waals surface area contributed by atoms with E-state index >= 15 is 0 Å². The first-order chi connectivity index (χ1) is 19.3. The SMILES string of the molecule is CC(C)(C)OC(=O)N1CCOC(c2ccccc2Br)C1.CC(C)(C)OC(=O)N1CCOC(c2ccccc2C=O)C1. The van der Waals surface area contributed by atoms with Crippen molar-refractivity contribution in [2.45, 2.75) is 65.0 Å². The maximum Gasteiger partial charge on any atom is 0.410 e. The van der Waals surface area contributed by atoms with Crippen molar-refractivity contribution < 1.29 is 33.3 Å². The van der Waals surface area contributed by atoms with Gasteiger partial charge in [-0.05, 0) is 58.7 Å². The van der Waals surface area contributed by atoms with Crippen LogP contribution in [0.25, 0.3) is 0 Å². The molecule has 2 unspecified atom stereocenters. The zero-order valence-electron chi connectivity index (χ0n) is 24.7. The van der Waals surface area contributed by atoms with Crippen molar-refractivity contribution in [3.8, 4) is 0 Å². The topological polar surface area (TPSA) is 94.6 Å². The minimum atomic E-state index is -0.522. The standard InChI is InChI=1S/C16H21NO4.C15H20BrNO3/c1-16(2,3)21-15(19)17-8-9-20-14(10-17)13-7-5-4-6-12(13)11-18;1-15(2,3)20-14(18)17-8-9-19-13(10-17)11-6-4-5-7-12(11)16/h4-7,11,14H,8-10H2,1-3H3;4-7,13H,8-10H2,1-3H3. The summed E-state index contributed by atoms with van der Waals surface area (Å²) in [7, 11) is 0. The molecule has 2 aromatic carbocycles. The van der Waals surface area contributed by atoms with Gasteiger partial charge >= 0.3 is 12.2 Å². The number of ether oxygens (including phenoxy) is 4. The van der Waals surface area contributed by atoms with Gasteiger partial charge in [0, 0.05) is 23.1 Å². The molecule has 0 radical (unpaired) electrons. The monoisotopic (exact) mass is 632 g/mol. The molecule has 0 spiro atoms. The predicted molar refractivity (Wildman–Crippen MR) is 159 cm³/mol. The van der Waals surface area contributed by atoms with Crippen LogP contribution in [0.1, 0.15) is 75.2 Å². The van der Waals surface area contributed by atoms with Gasteiger partial charge in [-0.15, -0.1) is 0 Å². The van der Waals surface area contributed by atoms with E-state index in [4.69, 9.17) is 18.9 Å². The number of aldehydes is 1. The number of rotatable bonds is 3. The Kier molecular flexibility index (Phi) is 11.3. The second-order valence-corrected chi connectivity index (χ2v) is 12.7. The third kappa shape index (κ3) is 10.1. The lowest BCUT2D eigenvalue weighted by atomic mass is 10.0. The first-order valence-corrected chi connectivity index (χ1v) is 14.5. The van der Waals surface area contributed by atoms with E-state index in [1.54, 1.807) is 15.9 Å². The molecule has 10 heteroatoms. The lowest BCUT2D eigenvalue weighted by Crippen LogP contribution is -2.44. The van der Waals surface area contributed by atoms with E-state index in [0.29, 0.717) is 45.0 Å². The molecule has 0 saturated carbocycles. The van der Waals surface area contributed by atoms with Crippen molar-refractivity contribution in [3.63, 3.8) is 0 Å². The molecular formula is C31H41BrN2O7. The van der Waals surface area contributed by atoms with Crippen LogP contribution in [-0.2, 0) is 18.9 Å². The number of carbonyl (C=O) groups is 3. The van der Waals surface area contributed by atoms with Crippen LogP contribution in [0.2, 0.25) is 0 Å². The summed E-state index contributed by atoms with van der Waals surface area (Å²) in [6.07, 6.45) is -0.234. The maximum atomic E-state index is 12.1. The van der Waals surface area contributed by atoms with Crippen LogP contribution in [0.5, 0.6) is 0 Å². The molecule has 2 heterocycles. The Bertz CT molecular complexity index is 1190. The number of benzene rings is 2. The van der Waals surface area contributed by atoms with E-state index in [2.05, 4.69) is 15.9 Å². The van der Waals surface area contributed by atoms with Crippen LogP contribution in [-0.4, -0.2) is 78.9 Å². The van der Waals surface area contributed by atoms with Gasteiger partial charge in [-0.1, -0.05) is 58.4 Å². The number of morpholine rings is 2. The van der Waals surface area contributed by atoms with E-state index in [9.17, 15) is 14.4 Å². The highest BCUT2D eigenvalue weighted by molar-refractivity contribution is 9.10. The number of halogens is 1. The number of nitrogens with zero attached hydrogens (tertiary/aromatic N) is 2. The lowest BCUT2D eigenvalue weighted by molar-refractivity contribution is -0.0436. The highest BCUT2D eigenvalue weighted by Crippen LogP contribution is 2.29. The van der Waals surface area contributed by atoms with Gasteiger partial charge in [-0.3, -0.25) is 4.79 Å². The van der Waals surface area contributed by atoms with Crippen LogP contribution in [0.15, 0.2) is 53.0 Å². The zero-order chi connectivity index (χ0) is 30.2. The van der Waals surface area contributed by atoms with Crippen molar-refractivity contribution in [2.24, 2.45) is 0 Å². The Morgan fingerprint density at radius 3 is 1.68 bits per heavy atom. The second kappa shape index (κ2) is 14.3. The van der Waals surface area contributed by atoms with Crippen molar-refractivity contribution in [2.75, 3.05) is 39.4 Å². The van der Waals surface area contributed by atoms with Gasteiger partial charge in [-0.2, -0.15) is 0 Å². The molecule has 2 aromatic rings. The number of hydrogen-bond acceptors (Lipinski definition) is 7. The summed E-state index contributed by atoms with van der Waals surface area (Å²) in [5.74, 6) is 0. The van der Waals surface area contributed by atoms with Gasteiger partial charge < -0.3 is 28.7 Å². The third-order valence-corrected chi connectivity index (χ3v) is 6.88. The highest BCUT2D eigenvalue weighted by atomic mass is 79.9.